The molecule has 1 atom stereocenters. The molecule has 0 aromatic heterocycles. The Labute approximate surface area is 114 Å². The lowest BCUT2D eigenvalue weighted by Crippen LogP contribution is -2.46. The molecule has 0 aromatic carbocycles. The molecule has 3 N–H and O–H groups in total. The Balaban J connectivity index is 3.87. The van der Waals surface area contributed by atoms with Crippen molar-refractivity contribution in [3.63, 3.8) is 0 Å². The van der Waals surface area contributed by atoms with Gasteiger partial charge in [0.05, 0.1) is 0 Å². The van der Waals surface area contributed by atoms with E-state index in [4.69, 9.17) is 11.5 Å². The number of carbonyl (C=O) groups excluding carboxylic acids is 1. The lowest BCUT2D eigenvalue weighted by molar-refractivity contribution is -0.139. The molecule has 6 nitrogen and oxygen atoms in total. The van der Waals surface area contributed by atoms with Gasteiger partial charge in [-0.25, -0.2) is 9.59 Å². The van der Waals surface area contributed by atoms with E-state index in [0.717, 1.165) is 13.0 Å². The largest absolute Gasteiger partial charge is 0.480 e. The molecule has 1 unspecified atom stereocenters. The van der Waals surface area contributed by atoms with E-state index in [-0.39, 0.29) is 6.42 Å². The summed E-state index contributed by atoms with van der Waals surface area (Å²) in [5.41, 5.74) is 0. The predicted molar refractivity (Wildman–Crippen MR) is 73.8 cm³/mol. The Kier molecular flexibility index (Phi) is 8.38. The average molecular weight is 269 g/mol. The molecule has 0 aliphatic heterocycles. The van der Waals surface area contributed by atoms with Crippen molar-refractivity contribution in [2.75, 3.05) is 20.1 Å². The van der Waals surface area contributed by atoms with Gasteiger partial charge in [0.25, 0.3) is 0 Å². The van der Waals surface area contributed by atoms with Gasteiger partial charge in [0, 0.05) is 19.0 Å². The summed E-state index contributed by atoms with van der Waals surface area (Å²) in [7, 11) is 2.01. The van der Waals surface area contributed by atoms with Crippen LogP contribution in [0.15, 0.2) is 0 Å². The van der Waals surface area contributed by atoms with Crippen molar-refractivity contribution in [1.29, 1.82) is 0 Å². The Morgan fingerprint density at radius 3 is 2.53 bits per heavy atom. The van der Waals surface area contributed by atoms with Crippen LogP contribution in [0.3, 0.4) is 0 Å². The van der Waals surface area contributed by atoms with Crippen molar-refractivity contribution in [3.8, 4) is 12.3 Å². The fourth-order valence-corrected chi connectivity index (χ4v) is 1.32. The third-order valence-corrected chi connectivity index (χ3v) is 2.78. The number of carboxylic acids is 1. The van der Waals surface area contributed by atoms with Crippen LogP contribution in [0.25, 0.3) is 0 Å². The smallest absolute Gasteiger partial charge is 0.327 e. The Hall–Kier alpha value is -1.74. The van der Waals surface area contributed by atoms with Crippen LogP contribution >= 0.6 is 0 Å². The van der Waals surface area contributed by atoms with Gasteiger partial charge in [-0.2, -0.15) is 0 Å². The van der Waals surface area contributed by atoms with Gasteiger partial charge in [-0.1, -0.05) is 0 Å². The first-order valence-electron chi connectivity index (χ1n) is 6.29. The van der Waals surface area contributed by atoms with E-state index in [2.05, 4.69) is 35.3 Å². The highest BCUT2D eigenvalue weighted by Crippen LogP contribution is 1.94. The highest BCUT2D eigenvalue weighted by Gasteiger charge is 2.18. The number of carboxylic acid groups (broad SMARTS) is 1. The molecule has 0 aliphatic rings. The maximum absolute atomic E-state index is 11.4. The first kappa shape index (κ1) is 17.3. The van der Waals surface area contributed by atoms with E-state index in [0.29, 0.717) is 12.6 Å². The maximum Gasteiger partial charge on any atom is 0.327 e. The molecular weight excluding hydrogens is 246 g/mol. The first-order valence-corrected chi connectivity index (χ1v) is 6.29. The zero-order valence-electron chi connectivity index (χ0n) is 11.8. The van der Waals surface area contributed by atoms with Gasteiger partial charge in [-0.3, -0.25) is 0 Å². The van der Waals surface area contributed by atoms with E-state index in [1.54, 1.807) is 0 Å². The number of urea groups is 1. The van der Waals surface area contributed by atoms with E-state index in [9.17, 15) is 9.59 Å². The van der Waals surface area contributed by atoms with Crippen molar-refractivity contribution in [3.05, 3.63) is 0 Å². The number of nitrogens with one attached hydrogen (secondary N) is 2. The standard InChI is InChI=1S/C13H23N3O3/c1-5-7-11(12(17)18)15-13(19)14-8-6-9-16(4)10(2)3/h1,10-11H,6-9H2,2-4H3,(H,17,18)(H2,14,15,19). The second-order valence-electron chi connectivity index (χ2n) is 4.63. The maximum atomic E-state index is 11.4. The molecule has 0 saturated heterocycles. The van der Waals surface area contributed by atoms with Crippen LogP contribution in [0.1, 0.15) is 26.7 Å². The minimum Gasteiger partial charge on any atom is -0.480 e. The predicted octanol–water partition coefficient (Wildman–Crippen LogP) is 0.492. The van der Waals surface area contributed by atoms with Crippen LogP contribution in [-0.2, 0) is 4.79 Å². The monoisotopic (exact) mass is 269 g/mol. The van der Waals surface area contributed by atoms with Gasteiger partial charge in [0.2, 0.25) is 0 Å². The third kappa shape index (κ3) is 8.06. The molecule has 108 valence electrons. The van der Waals surface area contributed by atoms with Crippen molar-refractivity contribution in [2.45, 2.75) is 38.8 Å². The first-order chi connectivity index (χ1) is 8.88. The zero-order chi connectivity index (χ0) is 14.8. The van der Waals surface area contributed by atoms with Crippen LogP contribution in [0, 0.1) is 12.3 Å². The molecule has 0 bridgehead atoms. The molecule has 0 rings (SSSR count). The van der Waals surface area contributed by atoms with Gasteiger partial charge in [-0.15, -0.1) is 12.3 Å². The quantitative estimate of drug-likeness (QED) is 0.442. The molecular formula is C13H23N3O3. The normalized spacial score (nSPS) is 12.0. The number of rotatable bonds is 8. The fourth-order valence-electron chi connectivity index (χ4n) is 1.32. The van der Waals surface area contributed by atoms with Crippen LogP contribution in [0.4, 0.5) is 4.79 Å². The Morgan fingerprint density at radius 1 is 1.42 bits per heavy atom. The highest BCUT2D eigenvalue weighted by molar-refractivity contribution is 5.82. The van der Waals surface area contributed by atoms with Crippen LogP contribution in [0.5, 0.6) is 0 Å². The number of amides is 2. The van der Waals surface area contributed by atoms with E-state index in [1.165, 1.54) is 0 Å². The second-order valence-corrected chi connectivity index (χ2v) is 4.63. The summed E-state index contributed by atoms with van der Waals surface area (Å²) >= 11 is 0. The van der Waals surface area contributed by atoms with Gasteiger partial charge in [-0.05, 0) is 33.9 Å². The molecule has 0 aromatic rings. The molecule has 0 radical (unpaired) electrons. The van der Waals surface area contributed by atoms with Crippen molar-refractivity contribution < 1.29 is 14.7 Å². The van der Waals surface area contributed by atoms with E-state index in [1.807, 2.05) is 7.05 Å². The number of hydrogen-bond acceptors (Lipinski definition) is 3. The summed E-state index contributed by atoms with van der Waals surface area (Å²) < 4.78 is 0. The Morgan fingerprint density at radius 2 is 2.05 bits per heavy atom. The van der Waals surface area contributed by atoms with Gasteiger partial charge in [0.15, 0.2) is 0 Å². The Bertz CT molecular complexity index is 337. The fraction of sp³-hybridized carbons (Fsp3) is 0.692. The van der Waals surface area contributed by atoms with Crippen LogP contribution in [-0.4, -0.2) is 54.2 Å². The van der Waals surface area contributed by atoms with Crippen LogP contribution in [0.2, 0.25) is 0 Å². The van der Waals surface area contributed by atoms with Gasteiger partial charge in [0.1, 0.15) is 6.04 Å². The zero-order valence-corrected chi connectivity index (χ0v) is 11.8. The average Bonchev–Trinajstić information content (AvgIpc) is 2.33. The number of terminal acetylenes is 1. The lowest BCUT2D eigenvalue weighted by Gasteiger charge is -2.20. The summed E-state index contributed by atoms with van der Waals surface area (Å²) in [4.78, 5) is 24.4. The summed E-state index contributed by atoms with van der Waals surface area (Å²) in [5.74, 6) is 1.09. The number of hydrogen-bond donors (Lipinski definition) is 3. The topological polar surface area (TPSA) is 81.7 Å². The van der Waals surface area contributed by atoms with Crippen LogP contribution < -0.4 is 10.6 Å². The molecule has 0 fully saturated rings. The number of nitrogens with zero attached hydrogens (tertiary/aromatic N) is 1. The molecule has 0 aliphatic carbocycles. The molecule has 6 heteroatoms. The van der Waals surface area contributed by atoms with E-state index >= 15 is 0 Å². The summed E-state index contributed by atoms with van der Waals surface area (Å²) in [6.07, 6.45) is 5.81. The molecule has 19 heavy (non-hydrogen) atoms. The summed E-state index contributed by atoms with van der Waals surface area (Å²) in [5, 5.41) is 13.7. The molecule has 0 saturated carbocycles. The summed E-state index contributed by atoms with van der Waals surface area (Å²) in [6.45, 7) is 5.55. The number of carbonyl (C=O) groups is 2. The highest BCUT2D eigenvalue weighted by atomic mass is 16.4. The van der Waals surface area contributed by atoms with Crippen molar-refractivity contribution in [1.82, 2.24) is 15.5 Å². The lowest BCUT2D eigenvalue weighted by atomic mass is 10.2. The van der Waals surface area contributed by atoms with Crippen molar-refractivity contribution >= 4 is 12.0 Å². The summed E-state index contributed by atoms with van der Waals surface area (Å²) in [6, 6.07) is -1.08. The van der Waals surface area contributed by atoms with Gasteiger partial charge < -0.3 is 20.6 Å². The van der Waals surface area contributed by atoms with Crippen molar-refractivity contribution in [2.24, 2.45) is 0 Å². The van der Waals surface area contributed by atoms with E-state index < -0.39 is 18.0 Å². The molecule has 2 amide bonds. The number of aliphatic carboxylic acids is 1. The molecule has 0 spiro atoms. The minimum absolute atomic E-state index is 0.0289. The third-order valence-electron chi connectivity index (χ3n) is 2.78. The molecule has 0 heterocycles. The SMILES string of the molecule is C#CCC(NC(=O)NCCCN(C)C(C)C)C(=O)O. The van der Waals surface area contributed by atoms with Gasteiger partial charge >= 0.3 is 12.0 Å². The minimum atomic E-state index is -1.13. The second kappa shape index (κ2) is 9.22.